The molecule has 0 saturated carbocycles. The van der Waals surface area contributed by atoms with Crippen molar-refractivity contribution in [1.29, 1.82) is 0 Å². The maximum Gasteiger partial charge on any atom is 0.242 e. The Balaban J connectivity index is 2.52. The van der Waals surface area contributed by atoms with Crippen molar-refractivity contribution in [3.8, 4) is 5.75 Å². The smallest absolute Gasteiger partial charge is 0.242 e. The molecule has 0 spiro atoms. The van der Waals surface area contributed by atoms with Gasteiger partial charge in [-0.2, -0.15) is 0 Å². The van der Waals surface area contributed by atoms with Gasteiger partial charge in [0.2, 0.25) is 5.91 Å². The molecule has 0 aliphatic rings. The lowest BCUT2D eigenvalue weighted by Crippen LogP contribution is -2.38. The molecule has 20 heavy (non-hydrogen) atoms. The first kappa shape index (κ1) is 16.3. The highest BCUT2D eigenvalue weighted by Crippen LogP contribution is 2.21. The number of halogens is 1. The lowest BCUT2D eigenvalue weighted by molar-refractivity contribution is -0.121. The first-order valence-electron chi connectivity index (χ1n) is 6.96. The molecule has 1 aromatic rings. The predicted octanol–water partition coefficient (Wildman–Crippen LogP) is 2.94. The number of rotatable bonds is 8. The maximum absolute atomic E-state index is 13.6. The minimum atomic E-state index is -0.502. The second-order valence-electron chi connectivity index (χ2n) is 4.71. The van der Waals surface area contributed by atoms with E-state index in [1.807, 2.05) is 0 Å². The fraction of sp³-hybridized carbons (Fsp3) is 0.533. The molecule has 0 aliphatic carbocycles. The number of carbonyl (C=O) groups is 1. The number of hydrogen-bond donors (Lipinski definition) is 2. The van der Waals surface area contributed by atoms with Crippen LogP contribution in [0.15, 0.2) is 18.2 Å². The molecular formula is C15H23FN2O2. The quantitative estimate of drug-likeness (QED) is 0.721. The van der Waals surface area contributed by atoms with Gasteiger partial charge in [0.25, 0.3) is 0 Å². The third-order valence-corrected chi connectivity index (χ3v) is 3.02. The van der Waals surface area contributed by atoms with Crippen LogP contribution in [0.5, 0.6) is 5.75 Å². The van der Waals surface area contributed by atoms with Crippen molar-refractivity contribution in [3.63, 3.8) is 0 Å². The van der Waals surface area contributed by atoms with E-state index in [0.29, 0.717) is 12.3 Å². The third-order valence-electron chi connectivity index (χ3n) is 3.02. The largest absolute Gasteiger partial charge is 0.497 e. The zero-order chi connectivity index (χ0) is 15.0. The Kier molecular flexibility index (Phi) is 6.84. The highest BCUT2D eigenvalue weighted by Gasteiger charge is 2.14. The van der Waals surface area contributed by atoms with Crippen LogP contribution in [0.3, 0.4) is 0 Å². The van der Waals surface area contributed by atoms with Crippen molar-refractivity contribution in [3.05, 3.63) is 24.0 Å². The molecule has 0 saturated heterocycles. The van der Waals surface area contributed by atoms with Gasteiger partial charge in [-0.25, -0.2) is 4.39 Å². The molecule has 0 aromatic heterocycles. The molecule has 4 nitrogen and oxygen atoms in total. The van der Waals surface area contributed by atoms with Crippen LogP contribution in [0.1, 0.15) is 33.1 Å². The minimum Gasteiger partial charge on any atom is -0.497 e. The summed E-state index contributed by atoms with van der Waals surface area (Å²) in [6, 6.07) is 3.89. The first-order valence-corrected chi connectivity index (χ1v) is 6.96. The lowest BCUT2D eigenvalue weighted by Gasteiger charge is -2.16. The molecule has 1 amide bonds. The number of methoxy groups -OCH3 is 1. The second kappa shape index (κ2) is 8.40. The normalized spacial score (nSPS) is 11.8. The van der Waals surface area contributed by atoms with Gasteiger partial charge in [-0.15, -0.1) is 0 Å². The average molecular weight is 282 g/mol. The van der Waals surface area contributed by atoms with Gasteiger partial charge in [0.05, 0.1) is 12.8 Å². The number of benzene rings is 1. The number of amides is 1. The Morgan fingerprint density at radius 2 is 2.15 bits per heavy atom. The van der Waals surface area contributed by atoms with Gasteiger partial charge in [-0.05, 0) is 25.5 Å². The Morgan fingerprint density at radius 1 is 1.40 bits per heavy atom. The first-order chi connectivity index (χ1) is 9.58. The van der Waals surface area contributed by atoms with Crippen LogP contribution in [0, 0.1) is 5.82 Å². The van der Waals surface area contributed by atoms with E-state index >= 15 is 0 Å². The van der Waals surface area contributed by atoms with E-state index in [4.69, 9.17) is 4.74 Å². The van der Waals surface area contributed by atoms with Crippen LogP contribution in [0.4, 0.5) is 10.1 Å². The zero-order valence-electron chi connectivity index (χ0n) is 12.3. The van der Waals surface area contributed by atoms with Crippen molar-refractivity contribution in [2.75, 3.05) is 19.0 Å². The van der Waals surface area contributed by atoms with Crippen molar-refractivity contribution in [2.24, 2.45) is 0 Å². The van der Waals surface area contributed by atoms with E-state index in [2.05, 4.69) is 17.6 Å². The Bertz CT molecular complexity index is 438. The van der Waals surface area contributed by atoms with E-state index in [1.54, 1.807) is 6.92 Å². The van der Waals surface area contributed by atoms with Crippen molar-refractivity contribution < 1.29 is 13.9 Å². The zero-order valence-corrected chi connectivity index (χ0v) is 12.3. The summed E-state index contributed by atoms with van der Waals surface area (Å²) in [4.78, 5) is 11.8. The van der Waals surface area contributed by atoms with Gasteiger partial charge in [-0.3, -0.25) is 4.79 Å². The summed E-state index contributed by atoms with van der Waals surface area (Å²) < 4.78 is 18.7. The number of carbonyl (C=O) groups excluding carboxylic acids is 1. The monoisotopic (exact) mass is 282 g/mol. The second-order valence-corrected chi connectivity index (χ2v) is 4.71. The SMILES string of the molecule is CCCCCNC(=O)C(C)Nc1cc(OC)ccc1F. The summed E-state index contributed by atoms with van der Waals surface area (Å²) in [5.74, 6) is 0.00390. The summed E-state index contributed by atoms with van der Waals surface area (Å²) in [7, 11) is 1.51. The van der Waals surface area contributed by atoms with E-state index < -0.39 is 11.9 Å². The van der Waals surface area contributed by atoms with Gasteiger partial charge in [-0.1, -0.05) is 19.8 Å². The summed E-state index contributed by atoms with van der Waals surface area (Å²) >= 11 is 0. The van der Waals surface area contributed by atoms with Crippen molar-refractivity contribution in [2.45, 2.75) is 39.2 Å². The van der Waals surface area contributed by atoms with Crippen LogP contribution < -0.4 is 15.4 Å². The van der Waals surface area contributed by atoms with Crippen LogP contribution in [-0.4, -0.2) is 25.6 Å². The highest BCUT2D eigenvalue weighted by molar-refractivity contribution is 5.84. The fourth-order valence-corrected chi connectivity index (χ4v) is 1.78. The number of anilines is 1. The summed E-state index contributed by atoms with van der Waals surface area (Å²) in [5.41, 5.74) is 0.264. The molecule has 2 N–H and O–H groups in total. The number of nitrogens with one attached hydrogen (secondary N) is 2. The van der Waals surface area contributed by atoms with Crippen LogP contribution in [0.2, 0.25) is 0 Å². The molecule has 5 heteroatoms. The van der Waals surface area contributed by atoms with Crippen molar-refractivity contribution in [1.82, 2.24) is 5.32 Å². The van der Waals surface area contributed by atoms with E-state index in [0.717, 1.165) is 19.3 Å². The van der Waals surface area contributed by atoms with Gasteiger partial charge in [0.15, 0.2) is 0 Å². The van der Waals surface area contributed by atoms with Crippen LogP contribution in [-0.2, 0) is 4.79 Å². The van der Waals surface area contributed by atoms with Crippen LogP contribution in [0.25, 0.3) is 0 Å². The topological polar surface area (TPSA) is 50.4 Å². The van der Waals surface area contributed by atoms with Crippen LogP contribution >= 0.6 is 0 Å². The Hall–Kier alpha value is -1.78. The minimum absolute atomic E-state index is 0.136. The van der Waals surface area contributed by atoms with E-state index in [9.17, 15) is 9.18 Å². The lowest BCUT2D eigenvalue weighted by atomic mass is 10.2. The molecule has 112 valence electrons. The molecule has 1 rings (SSSR count). The summed E-state index contributed by atoms with van der Waals surface area (Å²) in [6.07, 6.45) is 3.16. The standard InChI is InChI=1S/C15H23FN2O2/c1-4-5-6-9-17-15(19)11(2)18-14-10-12(20-3)7-8-13(14)16/h7-8,10-11,18H,4-6,9H2,1-3H3,(H,17,19). The molecule has 1 unspecified atom stereocenters. The molecule has 0 aliphatic heterocycles. The third kappa shape index (κ3) is 5.07. The average Bonchev–Trinajstić information content (AvgIpc) is 2.45. The molecule has 0 bridgehead atoms. The molecular weight excluding hydrogens is 259 g/mol. The molecule has 1 aromatic carbocycles. The number of hydrogen-bond acceptors (Lipinski definition) is 3. The summed E-state index contributed by atoms with van der Waals surface area (Å²) in [5, 5.41) is 5.69. The van der Waals surface area contributed by atoms with Crippen molar-refractivity contribution >= 4 is 11.6 Å². The van der Waals surface area contributed by atoms with E-state index in [-0.39, 0.29) is 11.6 Å². The van der Waals surface area contributed by atoms with Gasteiger partial charge in [0, 0.05) is 12.6 Å². The molecule has 1 atom stereocenters. The Labute approximate surface area is 119 Å². The Morgan fingerprint density at radius 3 is 2.80 bits per heavy atom. The van der Waals surface area contributed by atoms with Gasteiger partial charge < -0.3 is 15.4 Å². The molecule has 0 fully saturated rings. The maximum atomic E-state index is 13.6. The van der Waals surface area contributed by atoms with Gasteiger partial charge in [0.1, 0.15) is 17.6 Å². The fourth-order valence-electron chi connectivity index (χ4n) is 1.78. The number of unbranched alkanes of at least 4 members (excludes halogenated alkanes) is 2. The molecule has 0 heterocycles. The highest BCUT2D eigenvalue weighted by atomic mass is 19.1. The predicted molar refractivity (Wildman–Crippen MR) is 78.6 cm³/mol. The molecule has 0 radical (unpaired) electrons. The number of ether oxygens (including phenoxy) is 1. The van der Waals surface area contributed by atoms with Gasteiger partial charge >= 0.3 is 0 Å². The van der Waals surface area contributed by atoms with E-state index in [1.165, 1.54) is 25.3 Å². The summed E-state index contributed by atoms with van der Waals surface area (Å²) in [6.45, 7) is 4.46.